The standard InChI is InChI=1S/C19H27NO4/c1-3-24-14-15-5-4-12-20(13-15)19(22)11-10-18(21)16-6-8-17(23-2)9-7-16/h6-9,15H,3-5,10-14H2,1-2H3. The number of nitrogens with zero attached hydrogens (tertiary/aromatic N) is 1. The van der Waals surface area contributed by atoms with Crippen LogP contribution < -0.4 is 4.74 Å². The van der Waals surface area contributed by atoms with Gasteiger partial charge in [-0.3, -0.25) is 9.59 Å². The Hall–Kier alpha value is -1.88. The van der Waals surface area contributed by atoms with Crippen LogP contribution in [0.25, 0.3) is 0 Å². The molecule has 5 heteroatoms. The Morgan fingerprint density at radius 1 is 1.21 bits per heavy atom. The van der Waals surface area contributed by atoms with Gasteiger partial charge in [0.25, 0.3) is 0 Å². The molecule has 0 saturated carbocycles. The predicted octanol–water partition coefficient (Wildman–Crippen LogP) is 2.93. The lowest BCUT2D eigenvalue weighted by Crippen LogP contribution is -2.41. The summed E-state index contributed by atoms with van der Waals surface area (Å²) in [7, 11) is 1.59. The molecule has 0 aliphatic carbocycles. The van der Waals surface area contributed by atoms with Gasteiger partial charge in [0.1, 0.15) is 5.75 Å². The van der Waals surface area contributed by atoms with Crippen molar-refractivity contribution >= 4 is 11.7 Å². The number of amides is 1. The summed E-state index contributed by atoms with van der Waals surface area (Å²) in [6.45, 7) is 4.94. The van der Waals surface area contributed by atoms with E-state index in [4.69, 9.17) is 9.47 Å². The summed E-state index contributed by atoms with van der Waals surface area (Å²) < 4.78 is 10.6. The van der Waals surface area contributed by atoms with Crippen LogP contribution in [0.4, 0.5) is 0 Å². The highest BCUT2D eigenvalue weighted by atomic mass is 16.5. The number of carbonyl (C=O) groups excluding carboxylic acids is 2. The van der Waals surface area contributed by atoms with Gasteiger partial charge in [-0.05, 0) is 49.9 Å². The molecular weight excluding hydrogens is 306 g/mol. The topological polar surface area (TPSA) is 55.8 Å². The molecule has 2 rings (SSSR count). The molecule has 1 fully saturated rings. The lowest BCUT2D eigenvalue weighted by atomic mass is 9.98. The number of carbonyl (C=O) groups is 2. The molecule has 1 heterocycles. The van der Waals surface area contributed by atoms with Crippen molar-refractivity contribution in [2.24, 2.45) is 5.92 Å². The maximum Gasteiger partial charge on any atom is 0.223 e. The van der Waals surface area contributed by atoms with Crippen molar-refractivity contribution in [3.05, 3.63) is 29.8 Å². The van der Waals surface area contributed by atoms with Gasteiger partial charge in [-0.2, -0.15) is 0 Å². The highest BCUT2D eigenvalue weighted by Crippen LogP contribution is 2.19. The van der Waals surface area contributed by atoms with E-state index in [2.05, 4.69) is 0 Å². The van der Waals surface area contributed by atoms with Gasteiger partial charge in [0.2, 0.25) is 5.91 Å². The van der Waals surface area contributed by atoms with Gasteiger partial charge in [0, 0.05) is 38.1 Å². The molecular formula is C19H27NO4. The second-order valence-corrected chi connectivity index (χ2v) is 6.16. The molecule has 0 radical (unpaired) electrons. The van der Waals surface area contributed by atoms with Crippen molar-refractivity contribution in [2.75, 3.05) is 33.4 Å². The highest BCUT2D eigenvalue weighted by molar-refractivity contribution is 5.98. The number of ketones is 1. The van der Waals surface area contributed by atoms with Crippen molar-refractivity contribution in [2.45, 2.75) is 32.6 Å². The zero-order valence-corrected chi connectivity index (χ0v) is 14.6. The summed E-state index contributed by atoms with van der Waals surface area (Å²) in [4.78, 5) is 26.5. The summed E-state index contributed by atoms with van der Waals surface area (Å²) in [6, 6.07) is 7.01. The number of Topliss-reactive ketones (excluding diaryl/α,β-unsaturated/α-hetero) is 1. The molecule has 24 heavy (non-hydrogen) atoms. The molecule has 1 saturated heterocycles. The second-order valence-electron chi connectivity index (χ2n) is 6.16. The smallest absolute Gasteiger partial charge is 0.223 e. The Bertz CT molecular complexity index is 541. The number of ether oxygens (including phenoxy) is 2. The Kier molecular flexibility index (Phi) is 7.25. The largest absolute Gasteiger partial charge is 0.497 e. The molecule has 1 unspecified atom stereocenters. The molecule has 0 N–H and O–H groups in total. The molecule has 1 atom stereocenters. The first kappa shape index (κ1) is 18.5. The zero-order chi connectivity index (χ0) is 17.4. The fraction of sp³-hybridized carbons (Fsp3) is 0.579. The van der Waals surface area contributed by atoms with Gasteiger partial charge >= 0.3 is 0 Å². The van der Waals surface area contributed by atoms with Gasteiger partial charge in [0.15, 0.2) is 5.78 Å². The summed E-state index contributed by atoms with van der Waals surface area (Å²) in [5.74, 6) is 1.20. The van der Waals surface area contributed by atoms with Crippen molar-refractivity contribution in [3.8, 4) is 5.75 Å². The van der Waals surface area contributed by atoms with Crippen LogP contribution in [0.3, 0.4) is 0 Å². The number of benzene rings is 1. The monoisotopic (exact) mass is 333 g/mol. The molecule has 0 aromatic heterocycles. The minimum Gasteiger partial charge on any atom is -0.497 e. The van der Waals surface area contributed by atoms with Crippen LogP contribution in [-0.2, 0) is 9.53 Å². The van der Waals surface area contributed by atoms with Gasteiger partial charge in [-0.1, -0.05) is 0 Å². The Labute approximate surface area is 143 Å². The van der Waals surface area contributed by atoms with E-state index in [1.807, 2.05) is 11.8 Å². The van der Waals surface area contributed by atoms with Crippen LogP contribution in [0.5, 0.6) is 5.75 Å². The average Bonchev–Trinajstić information content (AvgIpc) is 2.64. The molecule has 1 aliphatic rings. The number of methoxy groups -OCH3 is 1. The van der Waals surface area contributed by atoms with Crippen LogP contribution in [0, 0.1) is 5.92 Å². The van der Waals surface area contributed by atoms with E-state index in [0.29, 0.717) is 24.7 Å². The first-order valence-electron chi connectivity index (χ1n) is 8.66. The fourth-order valence-corrected chi connectivity index (χ4v) is 3.01. The zero-order valence-electron chi connectivity index (χ0n) is 14.6. The summed E-state index contributed by atoms with van der Waals surface area (Å²) >= 11 is 0. The maximum atomic E-state index is 12.4. The molecule has 1 aromatic carbocycles. The second kappa shape index (κ2) is 9.42. The van der Waals surface area contributed by atoms with E-state index >= 15 is 0 Å². The Morgan fingerprint density at radius 2 is 1.96 bits per heavy atom. The Morgan fingerprint density at radius 3 is 2.62 bits per heavy atom. The van der Waals surface area contributed by atoms with Crippen LogP contribution in [0.1, 0.15) is 43.0 Å². The minimum absolute atomic E-state index is 0.00567. The predicted molar refractivity (Wildman–Crippen MR) is 92.4 cm³/mol. The van der Waals surface area contributed by atoms with Gasteiger partial charge in [-0.15, -0.1) is 0 Å². The lowest BCUT2D eigenvalue weighted by Gasteiger charge is -2.32. The van der Waals surface area contributed by atoms with Crippen molar-refractivity contribution in [3.63, 3.8) is 0 Å². The van der Waals surface area contributed by atoms with E-state index < -0.39 is 0 Å². The van der Waals surface area contributed by atoms with Gasteiger partial charge < -0.3 is 14.4 Å². The molecule has 0 bridgehead atoms. The van der Waals surface area contributed by atoms with Crippen molar-refractivity contribution in [1.82, 2.24) is 4.90 Å². The molecule has 0 spiro atoms. The number of likely N-dealkylation sites (tertiary alicyclic amines) is 1. The quantitative estimate of drug-likeness (QED) is 0.686. The summed E-state index contributed by atoms with van der Waals surface area (Å²) in [5.41, 5.74) is 0.622. The molecule has 1 aromatic rings. The van der Waals surface area contributed by atoms with E-state index in [-0.39, 0.29) is 24.5 Å². The van der Waals surface area contributed by atoms with Crippen molar-refractivity contribution in [1.29, 1.82) is 0 Å². The number of hydrogen-bond acceptors (Lipinski definition) is 4. The highest BCUT2D eigenvalue weighted by Gasteiger charge is 2.24. The summed E-state index contributed by atoms with van der Waals surface area (Å²) in [5, 5.41) is 0. The Balaban J connectivity index is 1.79. The number of piperidine rings is 1. The third-order valence-corrected chi connectivity index (χ3v) is 4.41. The third kappa shape index (κ3) is 5.34. The maximum absolute atomic E-state index is 12.4. The van der Waals surface area contributed by atoms with Gasteiger partial charge in [0.05, 0.1) is 13.7 Å². The SMILES string of the molecule is CCOCC1CCCN(C(=O)CCC(=O)c2ccc(OC)cc2)C1. The molecule has 132 valence electrons. The van der Waals surface area contributed by atoms with Crippen LogP contribution in [0.15, 0.2) is 24.3 Å². The van der Waals surface area contributed by atoms with E-state index in [9.17, 15) is 9.59 Å². The average molecular weight is 333 g/mol. The number of rotatable bonds is 8. The summed E-state index contributed by atoms with van der Waals surface area (Å²) in [6.07, 6.45) is 2.63. The van der Waals surface area contributed by atoms with Crippen LogP contribution >= 0.6 is 0 Å². The molecule has 5 nitrogen and oxygen atoms in total. The first-order valence-corrected chi connectivity index (χ1v) is 8.66. The van der Waals surface area contributed by atoms with E-state index in [0.717, 1.165) is 31.7 Å². The first-order chi connectivity index (χ1) is 11.6. The normalized spacial score (nSPS) is 17.6. The third-order valence-electron chi connectivity index (χ3n) is 4.41. The number of hydrogen-bond donors (Lipinski definition) is 0. The fourth-order valence-electron chi connectivity index (χ4n) is 3.01. The molecule has 1 aliphatic heterocycles. The van der Waals surface area contributed by atoms with Crippen LogP contribution in [-0.4, -0.2) is 50.0 Å². The van der Waals surface area contributed by atoms with Crippen LogP contribution in [0.2, 0.25) is 0 Å². The lowest BCUT2D eigenvalue weighted by molar-refractivity contribution is -0.133. The van der Waals surface area contributed by atoms with E-state index in [1.54, 1.807) is 31.4 Å². The van der Waals surface area contributed by atoms with E-state index in [1.165, 1.54) is 0 Å². The van der Waals surface area contributed by atoms with Gasteiger partial charge in [-0.25, -0.2) is 0 Å². The van der Waals surface area contributed by atoms with Crippen molar-refractivity contribution < 1.29 is 19.1 Å². The minimum atomic E-state index is -0.00567. The molecule has 1 amide bonds.